The third-order valence-corrected chi connectivity index (χ3v) is 1.99. The molecule has 5 heteroatoms. The summed E-state index contributed by atoms with van der Waals surface area (Å²) in [7, 11) is 0. The molecule has 0 aliphatic heterocycles. The van der Waals surface area contributed by atoms with Gasteiger partial charge in [0.15, 0.2) is 0 Å². The normalized spacial score (nSPS) is 9.76. The van der Waals surface area contributed by atoms with Crippen LogP contribution in [0.2, 0.25) is 0 Å². The van der Waals surface area contributed by atoms with E-state index in [4.69, 9.17) is 10.5 Å². The van der Waals surface area contributed by atoms with E-state index in [-0.39, 0.29) is 11.9 Å². The van der Waals surface area contributed by atoms with Crippen LogP contribution in [0.5, 0.6) is 5.75 Å². The van der Waals surface area contributed by atoms with Gasteiger partial charge in [0.25, 0.3) is 0 Å². The maximum Gasteiger partial charge on any atom is 0.311 e. The van der Waals surface area contributed by atoms with Crippen molar-refractivity contribution in [3.8, 4) is 5.75 Å². The molecule has 17 heavy (non-hydrogen) atoms. The van der Waals surface area contributed by atoms with Gasteiger partial charge in [0.2, 0.25) is 5.91 Å². The summed E-state index contributed by atoms with van der Waals surface area (Å²) >= 11 is 0. The molecule has 0 atom stereocenters. The van der Waals surface area contributed by atoms with Gasteiger partial charge in [-0.2, -0.15) is 0 Å². The highest BCUT2D eigenvalue weighted by Gasteiger charge is 2.04. The van der Waals surface area contributed by atoms with Crippen LogP contribution in [0.3, 0.4) is 0 Å². The zero-order chi connectivity index (χ0) is 12.7. The molecular formula is C12H16N2O3. The van der Waals surface area contributed by atoms with Gasteiger partial charge in [-0.1, -0.05) is 0 Å². The summed E-state index contributed by atoms with van der Waals surface area (Å²) in [4.78, 5) is 22.1. The van der Waals surface area contributed by atoms with Gasteiger partial charge in [0.05, 0.1) is 0 Å². The summed E-state index contributed by atoms with van der Waals surface area (Å²) in [5, 5.41) is 2.62. The Morgan fingerprint density at radius 2 is 1.94 bits per heavy atom. The van der Waals surface area contributed by atoms with Crippen LogP contribution in [0.15, 0.2) is 24.3 Å². The molecule has 1 amide bonds. The summed E-state index contributed by atoms with van der Waals surface area (Å²) in [5.41, 5.74) is 5.95. The van der Waals surface area contributed by atoms with Crippen molar-refractivity contribution in [1.29, 1.82) is 0 Å². The molecule has 0 aliphatic carbocycles. The van der Waals surface area contributed by atoms with Crippen LogP contribution in [0, 0.1) is 0 Å². The Hall–Kier alpha value is -1.88. The predicted molar refractivity (Wildman–Crippen MR) is 64.7 cm³/mol. The number of carbonyl (C=O) groups excluding carboxylic acids is 2. The number of hydrogen-bond acceptors (Lipinski definition) is 4. The predicted octanol–water partition coefficient (Wildman–Crippen LogP) is 1.29. The minimum Gasteiger partial charge on any atom is -0.427 e. The third kappa shape index (κ3) is 5.12. The molecule has 0 spiro atoms. The zero-order valence-electron chi connectivity index (χ0n) is 9.73. The van der Waals surface area contributed by atoms with E-state index in [0.717, 1.165) is 0 Å². The fraction of sp³-hybridized carbons (Fsp3) is 0.333. The van der Waals surface area contributed by atoms with Gasteiger partial charge in [0, 0.05) is 19.0 Å². The standard InChI is InChI=1S/C12H16N2O3/c1-9(15)14-10-4-6-11(7-5-10)17-12(16)3-2-8-13/h4-7H,2-3,8,13H2,1H3,(H,14,15). The van der Waals surface area contributed by atoms with E-state index in [0.29, 0.717) is 30.8 Å². The first kappa shape index (κ1) is 13.2. The van der Waals surface area contributed by atoms with Crippen molar-refractivity contribution in [3.05, 3.63) is 24.3 Å². The minimum absolute atomic E-state index is 0.141. The van der Waals surface area contributed by atoms with E-state index >= 15 is 0 Å². The van der Waals surface area contributed by atoms with Crippen molar-refractivity contribution in [1.82, 2.24) is 0 Å². The first-order valence-corrected chi connectivity index (χ1v) is 5.40. The Balaban J connectivity index is 2.50. The molecule has 0 bridgehead atoms. The summed E-state index contributed by atoms with van der Waals surface area (Å²) in [6.45, 7) is 1.90. The molecule has 1 aromatic rings. The van der Waals surface area contributed by atoms with Gasteiger partial charge in [-0.25, -0.2) is 0 Å². The number of esters is 1. The van der Waals surface area contributed by atoms with Crippen LogP contribution >= 0.6 is 0 Å². The van der Waals surface area contributed by atoms with Gasteiger partial charge in [0.1, 0.15) is 5.75 Å². The number of hydrogen-bond donors (Lipinski definition) is 2. The van der Waals surface area contributed by atoms with Crippen molar-refractivity contribution in [3.63, 3.8) is 0 Å². The third-order valence-electron chi connectivity index (χ3n) is 1.99. The molecule has 0 unspecified atom stereocenters. The Morgan fingerprint density at radius 1 is 1.29 bits per heavy atom. The largest absolute Gasteiger partial charge is 0.427 e. The highest BCUT2D eigenvalue weighted by Crippen LogP contribution is 2.16. The number of ether oxygens (including phenoxy) is 1. The number of anilines is 1. The molecule has 92 valence electrons. The smallest absolute Gasteiger partial charge is 0.311 e. The van der Waals surface area contributed by atoms with Crippen molar-refractivity contribution in [2.75, 3.05) is 11.9 Å². The first-order chi connectivity index (χ1) is 8.11. The lowest BCUT2D eigenvalue weighted by atomic mass is 10.3. The van der Waals surface area contributed by atoms with Crippen molar-refractivity contribution in [2.45, 2.75) is 19.8 Å². The summed E-state index contributed by atoms with van der Waals surface area (Å²) < 4.78 is 5.07. The maximum atomic E-state index is 11.3. The second-order valence-electron chi connectivity index (χ2n) is 3.57. The number of nitrogens with one attached hydrogen (secondary N) is 1. The van der Waals surface area contributed by atoms with Crippen LogP contribution in [0.1, 0.15) is 19.8 Å². The minimum atomic E-state index is -0.303. The molecule has 0 saturated heterocycles. The van der Waals surface area contributed by atoms with Crippen LogP contribution in [-0.2, 0) is 9.59 Å². The molecule has 3 N–H and O–H groups in total. The molecule has 0 fully saturated rings. The lowest BCUT2D eigenvalue weighted by Crippen LogP contribution is -2.10. The van der Waals surface area contributed by atoms with E-state index in [1.165, 1.54) is 6.92 Å². The van der Waals surface area contributed by atoms with Crippen LogP contribution in [0.4, 0.5) is 5.69 Å². The second kappa shape index (κ2) is 6.65. The average molecular weight is 236 g/mol. The van der Waals surface area contributed by atoms with Crippen molar-refractivity contribution >= 4 is 17.6 Å². The average Bonchev–Trinajstić information content (AvgIpc) is 2.28. The zero-order valence-corrected chi connectivity index (χ0v) is 9.73. The Bertz CT molecular complexity index is 387. The fourth-order valence-corrected chi connectivity index (χ4v) is 1.24. The number of benzene rings is 1. The monoisotopic (exact) mass is 236 g/mol. The second-order valence-corrected chi connectivity index (χ2v) is 3.57. The van der Waals surface area contributed by atoms with E-state index in [9.17, 15) is 9.59 Å². The van der Waals surface area contributed by atoms with Crippen LogP contribution < -0.4 is 15.8 Å². The molecule has 0 aromatic heterocycles. The highest BCUT2D eigenvalue weighted by atomic mass is 16.5. The van der Waals surface area contributed by atoms with E-state index in [1.54, 1.807) is 24.3 Å². The van der Waals surface area contributed by atoms with Gasteiger partial charge in [-0.05, 0) is 37.2 Å². The molecule has 0 aliphatic rings. The van der Waals surface area contributed by atoms with E-state index < -0.39 is 0 Å². The Morgan fingerprint density at radius 3 is 2.47 bits per heavy atom. The summed E-state index contributed by atoms with van der Waals surface area (Å²) in [6, 6.07) is 6.61. The molecule has 0 saturated carbocycles. The number of amides is 1. The quantitative estimate of drug-likeness (QED) is 0.596. The number of nitrogens with two attached hydrogens (primary N) is 1. The molecule has 1 rings (SSSR count). The highest BCUT2D eigenvalue weighted by molar-refractivity contribution is 5.88. The van der Waals surface area contributed by atoms with E-state index in [1.807, 2.05) is 0 Å². The van der Waals surface area contributed by atoms with Gasteiger partial charge in [-0.3, -0.25) is 9.59 Å². The molecule has 1 aromatic carbocycles. The van der Waals surface area contributed by atoms with Gasteiger partial charge >= 0.3 is 5.97 Å². The van der Waals surface area contributed by atoms with Gasteiger partial charge < -0.3 is 15.8 Å². The maximum absolute atomic E-state index is 11.3. The molecular weight excluding hydrogens is 220 g/mol. The fourth-order valence-electron chi connectivity index (χ4n) is 1.24. The Kier molecular flexibility index (Phi) is 5.16. The molecule has 0 radical (unpaired) electrons. The summed E-state index contributed by atoms with van der Waals surface area (Å²) in [6.07, 6.45) is 0.923. The Labute approximate surface area is 99.9 Å². The first-order valence-electron chi connectivity index (χ1n) is 5.40. The van der Waals surface area contributed by atoms with Crippen LogP contribution in [0.25, 0.3) is 0 Å². The molecule has 5 nitrogen and oxygen atoms in total. The summed E-state index contributed by atoms with van der Waals surface area (Å²) in [5.74, 6) is 0.0153. The topological polar surface area (TPSA) is 81.4 Å². The van der Waals surface area contributed by atoms with Gasteiger partial charge in [-0.15, -0.1) is 0 Å². The molecule has 0 heterocycles. The van der Waals surface area contributed by atoms with Crippen molar-refractivity contribution < 1.29 is 14.3 Å². The van der Waals surface area contributed by atoms with Crippen molar-refractivity contribution in [2.24, 2.45) is 5.73 Å². The SMILES string of the molecule is CC(=O)Nc1ccc(OC(=O)CCCN)cc1. The lowest BCUT2D eigenvalue weighted by molar-refractivity contribution is -0.134. The van der Waals surface area contributed by atoms with E-state index in [2.05, 4.69) is 5.32 Å². The van der Waals surface area contributed by atoms with Crippen LogP contribution in [-0.4, -0.2) is 18.4 Å². The number of carbonyl (C=O) groups is 2. The lowest BCUT2D eigenvalue weighted by Gasteiger charge is -2.05. The number of rotatable bonds is 5.